The van der Waals surface area contributed by atoms with Gasteiger partial charge < -0.3 is 15.2 Å². The van der Waals surface area contributed by atoms with Crippen molar-refractivity contribution in [3.05, 3.63) is 28.2 Å². The molecule has 0 heterocycles. The molecule has 0 aromatic heterocycles. The van der Waals surface area contributed by atoms with Crippen molar-refractivity contribution in [1.29, 1.82) is 0 Å². The van der Waals surface area contributed by atoms with Crippen LogP contribution in [0.15, 0.2) is 22.7 Å². The SMILES string of the molecule is CCCCOCCNc1cccc(Br)c1C(=O)O. The number of carboxylic acids is 1. The molecule has 1 rings (SSSR count). The fourth-order valence-electron chi connectivity index (χ4n) is 1.50. The number of unbranched alkanes of at least 4 members (excludes halogenated alkanes) is 1. The molecule has 2 N–H and O–H groups in total. The molecule has 100 valence electrons. The second-order valence-corrected chi connectivity index (χ2v) is 4.71. The average molecular weight is 316 g/mol. The predicted molar refractivity (Wildman–Crippen MR) is 75.3 cm³/mol. The van der Waals surface area contributed by atoms with E-state index in [1.165, 1.54) is 0 Å². The largest absolute Gasteiger partial charge is 0.478 e. The summed E-state index contributed by atoms with van der Waals surface area (Å²) >= 11 is 3.24. The summed E-state index contributed by atoms with van der Waals surface area (Å²) in [4.78, 5) is 11.1. The van der Waals surface area contributed by atoms with E-state index < -0.39 is 5.97 Å². The van der Waals surface area contributed by atoms with Crippen LogP contribution in [0, 0.1) is 0 Å². The van der Waals surface area contributed by atoms with Crippen LogP contribution in [0.2, 0.25) is 0 Å². The summed E-state index contributed by atoms with van der Waals surface area (Å²) in [5.74, 6) is -0.947. The molecule has 0 saturated carbocycles. The average Bonchev–Trinajstić information content (AvgIpc) is 2.33. The summed E-state index contributed by atoms with van der Waals surface area (Å²) < 4.78 is 5.98. The smallest absolute Gasteiger partial charge is 0.338 e. The number of carboxylic acid groups (broad SMARTS) is 1. The minimum absolute atomic E-state index is 0.256. The van der Waals surface area contributed by atoms with Gasteiger partial charge in [-0.1, -0.05) is 19.4 Å². The van der Waals surface area contributed by atoms with Crippen molar-refractivity contribution in [3.8, 4) is 0 Å². The topological polar surface area (TPSA) is 58.6 Å². The maximum atomic E-state index is 11.1. The molecule has 0 atom stereocenters. The zero-order valence-corrected chi connectivity index (χ0v) is 12.0. The maximum Gasteiger partial charge on any atom is 0.338 e. The lowest BCUT2D eigenvalue weighted by atomic mass is 10.2. The van der Waals surface area contributed by atoms with Crippen LogP contribution in [-0.2, 0) is 4.74 Å². The zero-order chi connectivity index (χ0) is 13.4. The molecule has 0 aliphatic carbocycles. The number of aromatic carboxylic acids is 1. The Kier molecular flexibility index (Phi) is 6.75. The highest BCUT2D eigenvalue weighted by Crippen LogP contribution is 2.24. The van der Waals surface area contributed by atoms with E-state index in [0.29, 0.717) is 23.3 Å². The van der Waals surface area contributed by atoms with Gasteiger partial charge in [0.25, 0.3) is 0 Å². The number of carbonyl (C=O) groups is 1. The highest BCUT2D eigenvalue weighted by atomic mass is 79.9. The number of benzene rings is 1. The van der Waals surface area contributed by atoms with Crippen molar-refractivity contribution in [2.45, 2.75) is 19.8 Å². The van der Waals surface area contributed by atoms with Crippen LogP contribution in [0.1, 0.15) is 30.1 Å². The molecule has 0 aliphatic rings. The monoisotopic (exact) mass is 315 g/mol. The minimum atomic E-state index is -0.947. The summed E-state index contributed by atoms with van der Waals surface area (Å²) in [7, 11) is 0. The van der Waals surface area contributed by atoms with Gasteiger partial charge in [0, 0.05) is 23.3 Å². The Morgan fingerprint density at radius 2 is 2.22 bits per heavy atom. The zero-order valence-electron chi connectivity index (χ0n) is 10.4. The van der Waals surface area contributed by atoms with Crippen molar-refractivity contribution < 1.29 is 14.6 Å². The van der Waals surface area contributed by atoms with Crippen molar-refractivity contribution in [2.75, 3.05) is 25.1 Å². The summed E-state index contributed by atoms with van der Waals surface area (Å²) in [5.41, 5.74) is 0.863. The summed E-state index contributed by atoms with van der Waals surface area (Å²) in [6.07, 6.45) is 2.17. The Balaban J connectivity index is 2.47. The van der Waals surface area contributed by atoms with Crippen LogP contribution in [0.4, 0.5) is 5.69 Å². The van der Waals surface area contributed by atoms with Gasteiger partial charge in [0.15, 0.2) is 0 Å². The molecular formula is C13H18BrNO3. The molecule has 0 spiro atoms. The van der Waals surface area contributed by atoms with E-state index in [9.17, 15) is 4.79 Å². The third kappa shape index (κ3) is 4.66. The minimum Gasteiger partial charge on any atom is -0.478 e. The third-order valence-corrected chi connectivity index (χ3v) is 3.09. The predicted octanol–water partition coefficient (Wildman–Crippen LogP) is 3.38. The van der Waals surface area contributed by atoms with Gasteiger partial charge in [-0.15, -0.1) is 0 Å². The number of nitrogens with one attached hydrogen (secondary N) is 1. The first-order valence-electron chi connectivity index (χ1n) is 6.00. The molecule has 0 unspecified atom stereocenters. The Morgan fingerprint density at radius 1 is 1.44 bits per heavy atom. The van der Waals surface area contributed by atoms with Gasteiger partial charge in [-0.05, 0) is 34.5 Å². The fourth-order valence-corrected chi connectivity index (χ4v) is 2.03. The number of hydrogen-bond acceptors (Lipinski definition) is 3. The van der Waals surface area contributed by atoms with Gasteiger partial charge in [0.2, 0.25) is 0 Å². The van der Waals surface area contributed by atoms with Crippen LogP contribution < -0.4 is 5.32 Å². The van der Waals surface area contributed by atoms with Crippen LogP contribution in [0.25, 0.3) is 0 Å². The molecule has 0 fully saturated rings. The van der Waals surface area contributed by atoms with Crippen molar-refractivity contribution in [3.63, 3.8) is 0 Å². The van der Waals surface area contributed by atoms with Crippen LogP contribution in [0.3, 0.4) is 0 Å². The van der Waals surface area contributed by atoms with Crippen LogP contribution in [0.5, 0.6) is 0 Å². The van der Waals surface area contributed by atoms with Gasteiger partial charge in [-0.25, -0.2) is 4.79 Å². The molecule has 18 heavy (non-hydrogen) atoms. The molecule has 0 radical (unpaired) electrons. The summed E-state index contributed by atoms with van der Waals surface area (Å²) in [5, 5.41) is 12.2. The quantitative estimate of drug-likeness (QED) is 0.722. The second-order valence-electron chi connectivity index (χ2n) is 3.86. The number of ether oxygens (including phenoxy) is 1. The molecule has 1 aromatic carbocycles. The van der Waals surface area contributed by atoms with Gasteiger partial charge in [0.05, 0.1) is 12.2 Å². The Morgan fingerprint density at radius 3 is 2.89 bits per heavy atom. The molecule has 0 bridgehead atoms. The van der Waals surface area contributed by atoms with Crippen molar-refractivity contribution in [2.24, 2.45) is 0 Å². The molecule has 0 saturated heterocycles. The van der Waals surface area contributed by atoms with Gasteiger partial charge >= 0.3 is 5.97 Å². The first-order chi connectivity index (χ1) is 8.66. The number of halogens is 1. The van der Waals surface area contributed by atoms with Crippen molar-refractivity contribution in [1.82, 2.24) is 0 Å². The number of rotatable bonds is 8. The Labute approximate surface area is 115 Å². The third-order valence-electron chi connectivity index (χ3n) is 2.43. The first-order valence-corrected chi connectivity index (χ1v) is 6.79. The Bertz CT molecular complexity index is 396. The molecule has 4 nitrogen and oxygen atoms in total. The lowest BCUT2D eigenvalue weighted by molar-refractivity contribution is 0.0697. The van der Waals surface area contributed by atoms with Crippen LogP contribution in [-0.4, -0.2) is 30.8 Å². The first kappa shape index (κ1) is 15.0. The summed E-state index contributed by atoms with van der Waals surface area (Å²) in [6, 6.07) is 5.27. The normalized spacial score (nSPS) is 10.3. The van der Waals surface area contributed by atoms with Gasteiger partial charge in [-0.2, -0.15) is 0 Å². The summed E-state index contributed by atoms with van der Waals surface area (Å²) in [6.45, 7) is 4.04. The number of anilines is 1. The van der Waals surface area contributed by atoms with E-state index in [1.807, 2.05) is 0 Å². The van der Waals surface area contributed by atoms with Gasteiger partial charge in [0.1, 0.15) is 0 Å². The van der Waals surface area contributed by atoms with Crippen LogP contribution >= 0.6 is 15.9 Å². The fraction of sp³-hybridized carbons (Fsp3) is 0.462. The maximum absolute atomic E-state index is 11.1. The number of hydrogen-bond donors (Lipinski definition) is 2. The standard InChI is InChI=1S/C13H18BrNO3/c1-2-3-8-18-9-7-15-11-6-4-5-10(14)12(11)13(16)17/h4-6,15H,2-3,7-9H2,1H3,(H,16,17). The van der Waals surface area contributed by atoms with Crippen molar-refractivity contribution >= 4 is 27.6 Å². The highest BCUT2D eigenvalue weighted by molar-refractivity contribution is 9.10. The molecule has 0 aliphatic heterocycles. The molecule has 1 aromatic rings. The molecular weight excluding hydrogens is 298 g/mol. The van der Waals surface area contributed by atoms with E-state index in [-0.39, 0.29) is 5.56 Å². The lowest BCUT2D eigenvalue weighted by Gasteiger charge is -2.11. The highest BCUT2D eigenvalue weighted by Gasteiger charge is 2.13. The van der Waals surface area contributed by atoms with E-state index in [1.54, 1.807) is 18.2 Å². The molecule has 0 amide bonds. The second kappa shape index (κ2) is 8.11. The lowest BCUT2D eigenvalue weighted by Crippen LogP contribution is -2.13. The van der Waals surface area contributed by atoms with E-state index in [4.69, 9.17) is 9.84 Å². The Hall–Kier alpha value is -1.07. The van der Waals surface area contributed by atoms with E-state index in [2.05, 4.69) is 28.2 Å². The van der Waals surface area contributed by atoms with E-state index in [0.717, 1.165) is 19.4 Å². The van der Waals surface area contributed by atoms with E-state index >= 15 is 0 Å². The molecule has 5 heteroatoms. The van der Waals surface area contributed by atoms with Gasteiger partial charge in [-0.3, -0.25) is 0 Å².